The Hall–Kier alpha value is -4.85. The minimum absolute atomic E-state index is 0.0768. The number of para-hydroxylation sites is 1. The third-order valence-electron chi connectivity index (χ3n) is 6.97. The second-order valence-electron chi connectivity index (χ2n) is 11.0. The molecule has 40 heavy (non-hydrogen) atoms. The quantitative estimate of drug-likeness (QED) is 0.287. The predicted octanol–water partition coefficient (Wildman–Crippen LogP) is 5.75. The predicted molar refractivity (Wildman–Crippen MR) is 153 cm³/mol. The smallest absolute Gasteiger partial charge is 0.230 e. The Morgan fingerprint density at radius 3 is 2.58 bits per heavy atom. The van der Waals surface area contributed by atoms with E-state index in [0.29, 0.717) is 22.8 Å². The molecule has 0 bridgehead atoms. The van der Waals surface area contributed by atoms with Crippen LogP contribution in [0.4, 0.5) is 5.82 Å². The summed E-state index contributed by atoms with van der Waals surface area (Å²) in [6.45, 7) is 6.36. The summed E-state index contributed by atoms with van der Waals surface area (Å²) in [5, 5.41) is 8.44. The van der Waals surface area contributed by atoms with E-state index in [2.05, 4.69) is 36.1 Å². The van der Waals surface area contributed by atoms with Crippen LogP contribution in [0.5, 0.6) is 11.5 Å². The van der Waals surface area contributed by atoms with Gasteiger partial charge in [-0.3, -0.25) is 14.6 Å². The van der Waals surface area contributed by atoms with Gasteiger partial charge >= 0.3 is 0 Å². The van der Waals surface area contributed by atoms with Crippen LogP contribution in [0.1, 0.15) is 43.3 Å². The third-order valence-corrected chi connectivity index (χ3v) is 6.97. The number of hydrogen-bond acceptors (Lipinski definition) is 6. The molecule has 1 N–H and O–H groups in total. The largest absolute Gasteiger partial charge is 0.455 e. The molecule has 0 saturated carbocycles. The number of carbonyl (C=O) groups excluding carboxylic acids is 2. The molecular formula is C32H29N5O3. The highest BCUT2D eigenvalue weighted by Crippen LogP contribution is 2.36. The Balaban J connectivity index is 1.28. The average molecular weight is 532 g/mol. The number of anilines is 1. The molecule has 5 aromatic rings. The van der Waals surface area contributed by atoms with Crippen molar-refractivity contribution in [1.82, 2.24) is 19.7 Å². The Bertz CT molecular complexity index is 1750. The van der Waals surface area contributed by atoms with Crippen LogP contribution in [0.15, 0.2) is 79.1 Å². The summed E-state index contributed by atoms with van der Waals surface area (Å²) >= 11 is 0. The summed E-state index contributed by atoms with van der Waals surface area (Å²) in [5.41, 5.74) is 4.83. The van der Waals surface area contributed by atoms with Crippen molar-refractivity contribution in [3.63, 3.8) is 0 Å². The molecule has 1 aliphatic heterocycles. The molecule has 1 amide bonds. The molecule has 200 valence electrons. The lowest BCUT2D eigenvalue weighted by Gasteiger charge is -2.14. The fourth-order valence-corrected chi connectivity index (χ4v) is 4.93. The number of rotatable bonds is 7. The molecule has 8 heteroatoms. The molecular weight excluding hydrogens is 502 g/mol. The van der Waals surface area contributed by atoms with Gasteiger partial charge in [-0.15, -0.1) is 0 Å². The Labute approximate surface area is 232 Å². The molecule has 0 unspecified atom stereocenters. The van der Waals surface area contributed by atoms with E-state index < -0.39 is 0 Å². The number of nitrogens with zero attached hydrogens (tertiary/aromatic N) is 4. The second kappa shape index (κ2) is 10.0. The maximum absolute atomic E-state index is 13.5. The van der Waals surface area contributed by atoms with E-state index in [1.165, 1.54) is 0 Å². The van der Waals surface area contributed by atoms with Gasteiger partial charge in [0.1, 0.15) is 22.9 Å². The van der Waals surface area contributed by atoms with Crippen LogP contribution in [0.25, 0.3) is 16.6 Å². The van der Waals surface area contributed by atoms with Crippen molar-refractivity contribution in [2.75, 3.05) is 5.32 Å². The Kier molecular flexibility index (Phi) is 6.38. The zero-order valence-corrected chi connectivity index (χ0v) is 22.6. The van der Waals surface area contributed by atoms with Crippen LogP contribution >= 0.6 is 0 Å². The van der Waals surface area contributed by atoms with Crippen LogP contribution in [0, 0.1) is 0 Å². The van der Waals surface area contributed by atoms with Crippen molar-refractivity contribution >= 4 is 28.4 Å². The van der Waals surface area contributed by atoms with Crippen LogP contribution in [-0.2, 0) is 34.3 Å². The summed E-state index contributed by atoms with van der Waals surface area (Å²) in [5.74, 6) is 1.59. The van der Waals surface area contributed by atoms with Gasteiger partial charge in [-0.25, -0.2) is 9.67 Å². The Morgan fingerprint density at radius 1 is 0.950 bits per heavy atom. The van der Waals surface area contributed by atoms with Crippen LogP contribution < -0.4 is 10.1 Å². The number of nitrogens with one attached hydrogen (secondary N) is 1. The van der Waals surface area contributed by atoms with Crippen LogP contribution in [0.3, 0.4) is 0 Å². The summed E-state index contributed by atoms with van der Waals surface area (Å²) < 4.78 is 8.12. The molecule has 3 aromatic heterocycles. The second-order valence-corrected chi connectivity index (χ2v) is 11.0. The first-order chi connectivity index (χ1) is 19.3. The molecule has 6 rings (SSSR count). The minimum Gasteiger partial charge on any atom is -0.455 e. The molecule has 0 radical (unpaired) electrons. The Morgan fingerprint density at radius 2 is 1.77 bits per heavy atom. The maximum Gasteiger partial charge on any atom is 0.230 e. The van der Waals surface area contributed by atoms with Crippen molar-refractivity contribution < 1.29 is 14.3 Å². The zero-order valence-electron chi connectivity index (χ0n) is 22.6. The number of benzene rings is 2. The fourth-order valence-electron chi connectivity index (χ4n) is 4.93. The number of Topliss-reactive ketones (excluding diaryl/α,β-unsaturated/α-hetero) is 1. The standard InChI is InChI=1S/C32H29N5O3/c1-32(2,3)28-18-22(37(36-28)21-8-5-4-6-9-21)17-23(38)16-20-11-12-27(30-24(20)10-7-14-33-30)40-26-13-15-34-31-25(26)19-29(39)35-31/h4-15,18H,16-17,19H2,1-3H3,(H,34,35,39). The summed E-state index contributed by atoms with van der Waals surface area (Å²) in [4.78, 5) is 34.2. The van der Waals surface area contributed by atoms with Crippen molar-refractivity contribution in [3.8, 4) is 17.2 Å². The number of carbonyl (C=O) groups is 2. The molecule has 1 aliphatic rings. The van der Waals surface area contributed by atoms with Crippen molar-refractivity contribution in [2.45, 2.75) is 45.4 Å². The number of fused-ring (bicyclic) bond motifs is 2. The van der Waals surface area contributed by atoms with Gasteiger partial charge in [0.2, 0.25) is 5.91 Å². The maximum atomic E-state index is 13.5. The number of aromatic nitrogens is 4. The highest BCUT2D eigenvalue weighted by Gasteiger charge is 2.25. The summed E-state index contributed by atoms with van der Waals surface area (Å²) in [6.07, 6.45) is 4.02. The zero-order chi connectivity index (χ0) is 27.9. The summed E-state index contributed by atoms with van der Waals surface area (Å²) in [7, 11) is 0. The van der Waals surface area contributed by atoms with E-state index in [4.69, 9.17) is 9.84 Å². The topological polar surface area (TPSA) is 99.0 Å². The molecule has 8 nitrogen and oxygen atoms in total. The first-order valence-electron chi connectivity index (χ1n) is 13.2. The number of pyridine rings is 2. The van der Waals surface area contributed by atoms with Gasteiger partial charge in [0, 0.05) is 41.6 Å². The first-order valence-corrected chi connectivity index (χ1v) is 13.2. The van der Waals surface area contributed by atoms with Gasteiger partial charge in [-0.2, -0.15) is 5.10 Å². The molecule has 0 saturated heterocycles. The average Bonchev–Trinajstić information content (AvgIpc) is 3.54. The van der Waals surface area contributed by atoms with Gasteiger partial charge in [-0.05, 0) is 42.0 Å². The number of hydrogen-bond donors (Lipinski definition) is 1. The van der Waals surface area contributed by atoms with Crippen molar-refractivity contribution in [2.24, 2.45) is 0 Å². The van der Waals surface area contributed by atoms with Gasteiger partial charge < -0.3 is 10.1 Å². The first kappa shape index (κ1) is 25.4. The van der Waals surface area contributed by atoms with Gasteiger partial charge in [0.25, 0.3) is 0 Å². The molecule has 0 atom stereocenters. The molecule has 0 spiro atoms. The monoisotopic (exact) mass is 531 g/mol. The van der Waals surface area contributed by atoms with E-state index in [1.807, 2.05) is 65.3 Å². The normalized spacial score (nSPS) is 12.8. The number of ketones is 1. The number of ether oxygens (including phenoxy) is 1. The van der Waals surface area contributed by atoms with Gasteiger partial charge in [-0.1, -0.05) is 51.1 Å². The summed E-state index contributed by atoms with van der Waals surface area (Å²) in [6, 6.07) is 21.2. The van der Waals surface area contributed by atoms with E-state index in [-0.39, 0.29) is 36.4 Å². The highest BCUT2D eigenvalue weighted by molar-refractivity contribution is 5.99. The van der Waals surface area contributed by atoms with Crippen LogP contribution in [-0.4, -0.2) is 31.4 Å². The van der Waals surface area contributed by atoms with Crippen molar-refractivity contribution in [1.29, 1.82) is 0 Å². The third kappa shape index (κ3) is 4.96. The van der Waals surface area contributed by atoms with Crippen molar-refractivity contribution in [3.05, 3.63) is 102 Å². The molecule has 0 aliphatic carbocycles. The van der Waals surface area contributed by atoms with Crippen LogP contribution in [0.2, 0.25) is 0 Å². The minimum atomic E-state index is -0.145. The SMILES string of the molecule is CC(C)(C)c1cc(CC(=O)Cc2ccc(Oc3ccnc4c3CC(=O)N4)c3ncccc23)n(-c2ccccc2)n1. The molecule has 2 aromatic carbocycles. The lowest BCUT2D eigenvalue weighted by molar-refractivity contribution is -0.118. The van der Waals surface area contributed by atoms with E-state index in [0.717, 1.165) is 33.6 Å². The highest BCUT2D eigenvalue weighted by atomic mass is 16.5. The van der Waals surface area contributed by atoms with E-state index >= 15 is 0 Å². The van der Waals surface area contributed by atoms with E-state index in [9.17, 15) is 9.59 Å². The number of amides is 1. The lowest BCUT2D eigenvalue weighted by Crippen LogP contribution is -2.13. The fraction of sp³-hybridized carbons (Fsp3) is 0.219. The van der Waals surface area contributed by atoms with Gasteiger partial charge in [0.15, 0.2) is 5.75 Å². The van der Waals surface area contributed by atoms with E-state index in [1.54, 1.807) is 18.5 Å². The molecule has 4 heterocycles. The van der Waals surface area contributed by atoms with Gasteiger partial charge in [0.05, 0.1) is 23.5 Å². The lowest BCUT2D eigenvalue weighted by atomic mass is 9.92. The molecule has 0 fully saturated rings.